The van der Waals surface area contributed by atoms with Crippen molar-refractivity contribution < 1.29 is 13.2 Å². The maximum absolute atomic E-state index is 12.2. The minimum atomic E-state index is -3.77. The van der Waals surface area contributed by atoms with Crippen LogP contribution in [-0.2, 0) is 16.6 Å². The predicted octanol–water partition coefficient (Wildman–Crippen LogP) is 0.845. The summed E-state index contributed by atoms with van der Waals surface area (Å²) >= 11 is 0. The largest absolute Gasteiger partial charge is 0.348 e. The topological polar surface area (TPSA) is 120 Å². The smallest absolute Gasteiger partial charge is 0.253 e. The highest BCUT2D eigenvalue weighted by atomic mass is 32.2. The molecular formula is C16H15N5O3S. The highest BCUT2D eigenvalue weighted by molar-refractivity contribution is 7.89. The van der Waals surface area contributed by atoms with Gasteiger partial charge in [0.25, 0.3) is 5.91 Å². The zero-order valence-corrected chi connectivity index (χ0v) is 13.8. The van der Waals surface area contributed by atoms with Crippen LogP contribution in [0.2, 0.25) is 0 Å². The second kappa shape index (κ2) is 6.83. The van der Waals surface area contributed by atoms with E-state index in [4.69, 9.17) is 5.14 Å². The third-order valence-electron chi connectivity index (χ3n) is 3.43. The average molecular weight is 357 g/mol. The molecule has 0 spiro atoms. The lowest BCUT2D eigenvalue weighted by atomic mass is 10.2. The third kappa shape index (κ3) is 4.08. The molecule has 0 atom stereocenters. The summed E-state index contributed by atoms with van der Waals surface area (Å²) in [5.74, 6) is 0.280. The molecule has 2 aromatic heterocycles. The van der Waals surface area contributed by atoms with Crippen molar-refractivity contribution in [1.29, 1.82) is 0 Å². The van der Waals surface area contributed by atoms with Crippen LogP contribution in [0.5, 0.6) is 0 Å². The molecule has 9 heteroatoms. The lowest BCUT2D eigenvalue weighted by Crippen LogP contribution is -2.23. The Balaban J connectivity index is 1.67. The minimum Gasteiger partial charge on any atom is -0.348 e. The normalized spacial score (nSPS) is 11.2. The maximum atomic E-state index is 12.2. The van der Waals surface area contributed by atoms with E-state index in [1.807, 2.05) is 0 Å². The molecule has 25 heavy (non-hydrogen) atoms. The van der Waals surface area contributed by atoms with Gasteiger partial charge >= 0.3 is 0 Å². The summed E-state index contributed by atoms with van der Waals surface area (Å²) in [6.07, 6.45) is 4.84. The summed E-state index contributed by atoms with van der Waals surface area (Å²) in [6.45, 7) is 0.170. The van der Waals surface area contributed by atoms with E-state index in [1.165, 1.54) is 18.3 Å². The Morgan fingerprint density at radius 1 is 1.20 bits per heavy atom. The van der Waals surface area contributed by atoms with Crippen molar-refractivity contribution in [2.75, 3.05) is 0 Å². The number of sulfonamides is 1. The second-order valence-corrected chi connectivity index (χ2v) is 6.79. The van der Waals surface area contributed by atoms with Gasteiger partial charge in [-0.1, -0.05) is 12.1 Å². The predicted molar refractivity (Wildman–Crippen MR) is 90.3 cm³/mol. The van der Waals surface area contributed by atoms with Gasteiger partial charge in [-0.15, -0.1) is 0 Å². The van der Waals surface area contributed by atoms with Gasteiger partial charge in [0.2, 0.25) is 10.0 Å². The van der Waals surface area contributed by atoms with Gasteiger partial charge < -0.3 is 5.32 Å². The Kier molecular flexibility index (Phi) is 4.59. The molecule has 8 nitrogen and oxygen atoms in total. The van der Waals surface area contributed by atoms with Crippen LogP contribution in [0.4, 0.5) is 0 Å². The Bertz CT molecular complexity index is 983. The van der Waals surface area contributed by atoms with Gasteiger partial charge in [0.05, 0.1) is 10.5 Å². The van der Waals surface area contributed by atoms with Crippen LogP contribution in [0.3, 0.4) is 0 Å². The van der Waals surface area contributed by atoms with Crippen LogP contribution in [0, 0.1) is 0 Å². The first-order valence-electron chi connectivity index (χ1n) is 7.29. The maximum Gasteiger partial charge on any atom is 0.253 e. The number of carbonyl (C=O) groups excluding carboxylic acids is 1. The monoisotopic (exact) mass is 357 g/mol. The molecule has 0 aliphatic heterocycles. The first kappa shape index (κ1) is 16.8. The van der Waals surface area contributed by atoms with E-state index < -0.39 is 10.0 Å². The number of primary sulfonamides is 1. The molecule has 0 fully saturated rings. The fraction of sp³-hybridized carbons (Fsp3) is 0.0625. The van der Waals surface area contributed by atoms with Crippen molar-refractivity contribution in [3.8, 4) is 5.82 Å². The van der Waals surface area contributed by atoms with Crippen LogP contribution >= 0.6 is 0 Å². The number of nitrogens with two attached hydrogens (primary N) is 1. The standard InChI is InChI=1S/C16H15N5O3S/c17-25(23,24)14-4-1-3-12(9-14)10-19-16(22)13-5-6-15(18-11-13)21-8-2-7-20-21/h1-9,11H,10H2,(H,19,22)(H2,17,23,24). The van der Waals surface area contributed by atoms with E-state index in [0.29, 0.717) is 16.9 Å². The van der Waals surface area contributed by atoms with E-state index in [0.717, 1.165) is 0 Å². The fourth-order valence-corrected chi connectivity index (χ4v) is 2.76. The molecule has 3 N–H and O–H groups in total. The molecule has 1 amide bonds. The van der Waals surface area contributed by atoms with Crippen molar-refractivity contribution in [3.63, 3.8) is 0 Å². The Labute approximate surface area is 144 Å². The second-order valence-electron chi connectivity index (χ2n) is 5.23. The summed E-state index contributed by atoms with van der Waals surface area (Å²) in [7, 11) is -3.77. The van der Waals surface area contributed by atoms with Gasteiger partial charge in [-0.05, 0) is 35.9 Å². The van der Waals surface area contributed by atoms with Gasteiger partial charge in [0, 0.05) is 25.1 Å². The number of pyridine rings is 1. The van der Waals surface area contributed by atoms with Gasteiger partial charge in [0.15, 0.2) is 5.82 Å². The van der Waals surface area contributed by atoms with Gasteiger partial charge in [0.1, 0.15) is 0 Å². The first-order valence-corrected chi connectivity index (χ1v) is 8.84. The number of rotatable bonds is 5. The quantitative estimate of drug-likeness (QED) is 0.701. The number of benzene rings is 1. The molecule has 2 heterocycles. The van der Waals surface area contributed by atoms with Crippen molar-refractivity contribution in [2.24, 2.45) is 5.14 Å². The SMILES string of the molecule is NS(=O)(=O)c1cccc(CNC(=O)c2ccc(-n3cccn3)nc2)c1. The summed E-state index contributed by atoms with van der Waals surface area (Å²) in [4.78, 5) is 16.4. The molecule has 3 rings (SSSR count). The number of carbonyl (C=O) groups is 1. The molecule has 128 valence electrons. The molecular weight excluding hydrogens is 342 g/mol. The van der Waals surface area contributed by atoms with E-state index in [1.54, 1.807) is 47.4 Å². The van der Waals surface area contributed by atoms with E-state index in [2.05, 4.69) is 15.4 Å². The molecule has 0 radical (unpaired) electrons. The number of nitrogens with zero attached hydrogens (tertiary/aromatic N) is 3. The number of aromatic nitrogens is 3. The van der Waals surface area contributed by atoms with Gasteiger partial charge in [-0.2, -0.15) is 5.10 Å². The highest BCUT2D eigenvalue weighted by Crippen LogP contribution is 2.10. The number of hydrogen-bond acceptors (Lipinski definition) is 5. The van der Waals surface area contributed by atoms with Crippen LogP contribution in [-0.4, -0.2) is 29.1 Å². The summed E-state index contributed by atoms with van der Waals surface area (Å²) in [5.41, 5.74) is 1.01. The summed E-state index contributed by atoms with van der Waals surface area (Å²) in [5, 5.41) is 11.9. The minimum absolute atomic E-state index is 0.00416. The van der Waals surface area contributed by atoms with Crippen molar-refractivity contribution in [1.82, 2.24) is 20.1 Å². The Morgan fingerprint density at radius 3 is 2.68 bits per heavy atom. The van der Waals surface area contributed by atoms with Crippen LogP contribution < -0.4 is 10.5 Å². The molecule has 0 saturated heterocycles. The molecule has 0 saturated carbocycles. The molecule has 0 unspecified atom stereocenters. The zero-order valence-electron chi connectivity index (χ0n) is 13.0. The summed E-state index contributed by atoms with van der Waals surface area (Å²) < 4.78 is 24.3. The highest BCUT2D eigenvalue weighted by Gasteiger charge is 2.10. The number of hydrogen-bond donors (Lipinski definition) is 2. The average Bonchev–Trinajstić information content (AvgIpc) is 3.14. The molecule has 0 bridgehead atoms. The van der Waals surface area contributed by atoms with Crippen molar-refractivity contribution in [2.45, 2.75) is 11.4 Å². The number of amides is 1. The summed E-state index contributed by atoms with van der Waals surface area (Å²) in [6, 6.07) is 11.2. The molecule has 1 aromatic carbocycles. The van der Waals surface area contributed by atoms with Crippen LogP contribution in [0.1, 0.15) is 15.9 Å². The fourth-order valence-electron chi connectivity index (χ4n) is 2.18. The van der Waals surface area contributed by atoms with Crippen molar-refractivity contribution >= 4 is 15.9 Å². The van der Waals surface area contributed by atoms with E-state index in [-0.39, 0.29) is 17.3 Å². The Hall–Kier alpha value is -3.04. The van der Waals surface area contributed by atoms with Crippen molar-refractivity contribution in [3.05, 3.63) is 72.2 Å². The molecule has 0 aliphatic rings. The molecule has 0 aliphatic carbocycles. The van der Waals surface area contributed by atoms with E-state index in [9.17, 15) is 13.2 Å². The Morgan fingerprint density at radius 2 is 2.04 bits per heavy atom. The van der Waals surface area contributed by atoms with Crippen LogP contribution in [0.15, 0.2) is 66.0 Å². The lowest BCUT2D eigenvalue weighted by Gasteiger charge is -2.07. The van der Waals surface area contributed by atoms with Gasteiger partial charge in [-0.25, -0.2) is 23.2 Å². The van der Waals surface area contributed by atoms with Gasteiger partial charge in [-0.3, -0.25) is 4.79 Å². The lowest BCUT2D eigenvalue weighted by molar-refractivity contribution is 0.0950. The zero-order chi connectivity index (χ0) is 17.9. The molecule has 3 aromatic rings. The van der Waals surface area contributed by atoms with Crippen LogP contribution in [0.25, 0.3) is 5.82 Å². The first-order chi connectivity index (χ1) is 11.9. The van der Waals surface area contributed by atoms with E-state index >= 15 is 0 Å². The number of nitrogens with one attached hydrogen (secondary N) is 1. The third-order valence-corrected chi connectivity index (χ3v) is 4.34.